The van der Waals surface area contributed by atoms with Crippen molar-refractivity contribution in [1.29, 1.82) is 0 Å². The monoisotopic (exact) mass is 734 g/mol. The van der Waals surface area contributed by atoms with Gasteiger partial charge >= 0.3 is 0 Å². The lowest BCUT2D eigenvalue weighted by atomic mass is 9.78. The number of hydrogen-bond donors (Lipinski definition) is 0. The second-order valence-electron chi connectivity index (χ2n) is 18.0. The van der Waals surface area contributed by atoms with Crippen LogP contribution in [-0.2, 0) is 17.3 Å². The summed E-state index contributed by atoms with van der Waals surface area (Å²) in [6.07, 6.45) is 2.13. The van der Waals surface area contributed by atoms with Crippen molar-refractivity contribution < 1.29 is 0 Å². The summed E-state index contributed by atoms with van der Waals surface area (Å²) in [4.78, 5) is 0. The number of benzene rings is 7. The summed E-state index contributed by atoms with van der Waals surface area (Å²) < 4.78 is 0. The summed E-state index contributed by atoms with van der Waals surface area (Å²) in [5.41, 5.74) is 19.2. The second-order valence-corrected chi connectivity index (χ2v) is 18.0. The summed E-state index contributed by atoms with van der Waals surface area (Å²) in [5, 5.41) is 2.63. The zero-order chi connectivity index (χ0) is 40.2. The van der Waals surface area contributed by atoms with Gasteiger partial charge in [0.15, 0.2) is 0 Å². The third-order valence-corrected chi connectivity index (χ3v) is 11.6. The Kier molecular flexibility index (Phi) is 12.2. The van der Waals surface area contributed by atoms with Crippen molar-refractivity contribution in [1.82, 2.24) is 0 Å². The zero-order valence-electron chi connectivity index (χ0n) is 35.8. The highest BCUT2D eigenvalue weighted by Gasteiger charge is 2.23. The van der Waals surface area contributed by atoms with Gasteiger partial charge in [-0.3, -0.25) is 0 Å². The highest BCUT2D eigenvalue weighted by atomic mass is 14.3. The molecule has 7 aromatic rings. The molecule has 0 spiro atoms. The molecule has 0 saturated carbocycles. The molecule has 1 unspecified atom stereocenters. The summed E-state index contributed by atoms with van der Waals surface area (Å²) in [7, 11) is 0. The second kappa shape index (κ2) is 16.9. The largest absolute Gasteiger partial charge is 0.0648 e. The Morgan fingerprint density at radius 2 is 0.982 bits per heavy atom. The molecule has 56 heavy (non-hydrogen) atoms. The fraction of sp³-hybridized carbons (Fsp3) is 0.286. The average Bonchev–Trinajstić information content (AvgIpc) is 3.18. The molecule has 0 radical (unpaired) electrons. The topological polar surface area (TPSA) is 0 Å². The van der Waals surface area contributed by atoms with Crippen LogP contribution in [0, 0.1) is 20.8 Å². The van der Waals surface area contributed by atoms with Gasteiger partial charge < -0.3 is 0 Å². The van der Waals surface area contributed by atoms with Crippen LogP contribution in [0.15, 0.2) is 146 Å². The molecule has 0 bridgehead atoms. The quantitative estimate of drug-likeness (QED) is 0.153. The maximum absolute atomic E-state index is 2.46. The first-order valence-electron chi connectivity index (χ1n) is 20.6. The Labute approximate surface area is 338 Å². The molecule has 7 rings (SSSR count). The van der Waals surface area contributed by atoms with E-state index in [1.165, 1.54) is 88.7 Å². The fourth-order valence-electron chi connectivity index (χ4n) is 7.93. The van der Waals surface area contributed by atoms with Crippen molar-refractivity contribution in [2.75, 3.05) is 0 Å². The molecule has 0 aliphatic heterocycles. The highest BCUT2D eigenvalue weighted by molar-refractivity contribution is 5.87. The van der Waals surface area contributed by atoms with E-state index in [0.29, 0.717) is 5.92 Å². The molecule has 0 aromatic heterocycles. The smallest absolute Gasteiger partial charge is 0.00256 e. The minimum Gasteiger partial charge on any atom is -0.0648 e. The van der Waals surface area contributed by atoms with Crippen LogP contribution in [0.1, 0.15) is 112 Å². The van der Waals surface area contributed by atoms with E-state index in [1.807, 2.05) is 0 Å². The lowest BCUT2D eigenvalue weighted by molar-refractivity contribution is 0.569. The lowest BCUT2D eigenvalue weighted by Gasteiger charge is -2.27. The minimum atomic E-state index is 0.0721. The van der Waals surface area contributed by atoms with Gasteiger partial charge in [-0.1, -0.05) is 189 Å². The van der Waals surface area contributed by atoms with Crippen LogP contribution in [0.3, 0.4) is 0 Å². The molecule has 1 atom stereocenters. The van der Waals surface area contributed by atoms with Crippen LogP contribution >= 0.6 is 0 Å². The first kappa shape index (κ1) is 40.5. The van der Waals surface area contributed by atoms with E-state index in [9.17, 15) is 0 Å². The van der Waals surface area contributed by atoms with Crippen LogP contribution in [-0.4, -0.2) is 0 Å². The van der Waals surface area contributed by atoms with Crippen LogP contribution in [0.25, 0.3) is 44.2 Å². The number of aryl methyl sites for hydroxylation is 2. The Balaban J connectivity index is 0.000000258. The molecule has 0 heterocycles. The van der Waals surface area contributed by atoms with E-state index in [0.717, 1.165) is 12.8 Å². The van der Waals surface area contributed by atoms with E-state index >= 15 is 0 Å². The lowest BCUT2D eigenvalue weighted by Crippen LogP contribution is -2.16. The molecule has 286 valence electrons. The fourth-order valence-corrected chi connectivity index (χ4v) is 7.93. The van der Waals surface area contributed by atoms with E-state index in [1.54, 1.807) is 0 Å². The first-order chi connectivity index (χ1) is 26.6. The van der Waals surface area contributed by atoms with Crippen LogP contribution in [0.2, 0.25) is 0 Å². The van der Waals surface area contributed by atoms with E-state index in [2.05, 4.69) is 222 Å². The first-order valence-corrected chi connectivity index (χ1v) is 20.6. The molecular weight excluding hydrogens is 673 g/mol. The van der Waals surface area contributed by atoms with Gasteiger partial charge in [0.2, 0.25) is 0 Å². The third-order valence-electron chi connectivity index (χ3n) is 11.6. The molecule has 0 nitrogen and oxygen atoms in total. The van der Waals surface area contributed by atoms with Crippen molar-refractivity contribution >= 4 is 10.8 Å². The van der Waals surface area contributed by atoms with Gasteiger partial charge in [-0.05, 0) is 151 Å². The van der Waals surface area contributed by atoms with Crippen LogP contribution in [0.4, 0.5) is 0 Å². The van der Waals surface area contributed by atoms with Gasteiger partial charge in [0, 0.05) is 0 Å². The predicted molar refractivity (Wildman–Crippen MR) is 246 cm³/mol. The minimum absolute atomic E-state index is 0.0721. The summed E-state index contributed by atoms with van der Waals surface area (Å²) in [6, 6.07) is 53.6. The molecular formula is C56H62. The standard InChI is InChI=1S/C39H48.C17H14/c1-12-25(2)37-27(4)17-15-19-34(37)36-23-30(22-35(28(36)5)33-18-14-13-16-26(33)3)29-20-31(38(6,7)8)24-32(21-29)39(9,10)11;1-2-6-14(7-3-1)12-15-10-11-16-8-4-5-9-17(16)13-15/h13-25H,12H2,1-11H3;1-11,13H,12H2. The third kappa shape index (κ3) is 9.25. The van der Waals surface area contributed by atoms with Crippen LogP contribution in [0.5, 0.6) is 0 Å². The van der Waals surface area contributed by atoms with Gasteiger partial charge in [-0.2, -0.15) is 0 Å². The van der Waals surface area contributed by atoms with Crippen molar-refractivity contribution in [3.63, 3.8) is 0 Å². The number of fused-ring (bicyclic) bond motifs is 1. The SMILES string of the molecule is CCC(C)c1c(C)cccc1-c1cc(-c2cc(C(C)(C)C)cc(C(C)(C)C)c2)cc(-c2ccccc2C)c1C.c1ccc(Cc2ccc3ccccc3c2)cc1. The van der Waals surface area contributed by atoms with Crippen molar-refractivity contribution in [2.24, 2.45) is 0 Å². The van der Waals surface area contributed by atoms with Crippen molar-refractivity contribution in [3.05, 3.63) is 190 Å². The number of hydrogen-bond acceptors (Lipinski definition) is 0. The Bertz CT molecular complexity index is 2390. The van der Waals surface area contributed by atoms with Gasteiger partial charge in [-0.15, -0.1) is 0 Å². The summed E-state index contributed by atoms with van der Waals surface area (Å²) in [6.45, 7) is 25.4. The van der Waals surface area contributed by atoms with Gasteiger partial charge in [0.25, 0.3) is 0 Å². The Hall–Kier alpha value is -5.20. The van der Waals surface area contributed by atoms with Gasteiger partial charge in [0.1, 0.15) is 0 Å². The molecule has 0 amide bonds. The van der Waals surface area contributed by atoms with E-state index < -0.39 is 0 Å². The normalized spacial score (nSPS) is 12.3. The van der Waals surface area contributed by atoms with E-state index in [4.69, 9.17) is 0 Å². The van der Waals surface area contributed by atoms with Crippen LogP contribution < -0.4 is 0 Å². The van der Waals surface area contributed by atoms with E-state index in [-0.39, 0.29) is 10.8 Å². The molecule has 7 aromatic carbocycles. The Morgan fingerprint density at radius 3 is 1.61 bits per heavy atom. The Morgan fingerprint density at radius 1 is 0.446 bits per heavy atom. The van der Waals surface area contributed by atoms with Gasteiger partial charge in [0.05, 0.1) is 0 Å². The molecule has 0 aliphatic rings. The molecule has 0 fully saturated rings. The highest BCUT2D eigenvalue weighted by Crippen LogP contribution is 2.43. The number of rotatable bonds is 7. The molecule has 0 aliphatic carbocycles. The maximum atomic E-state index is 2.46. The van der Waals surface area contributed by atoms with Crippen molar-refractivity contribution in [2.45, 2.75) is 106 Å². The molecule has 0 saturated heterocycles. The molecule has 0 heteroatoms. The average molecular weight is 735 g/mol. The van der Waals surface area contributed by atoms with Gasteiger partial charge in [-0.25, -0.2) is 0 Å². The molecule has 0 N–H and O–H groups in total. The summed E-state index contributed by atoms with van der Waals surface area (Å²) >= 11 is 0. The summed E-state index contributed by atoms with van der Waals surface area (Å²) in [5.74, 6) is 0.503. The van der Waals surface area contributed by atoms with Crippen molar-refractivity contribution in [3.8, 4) is 33.4 Å². The zero-order valence-corrected chi connectivity index (χ0v) is 35.8. The maximum Gasteiger partial charge on any atom is -0.00256 e. The predicted octanol–water partition coefficient (Wildman–Crippen LogP) is 16.2.